The van der Waals surface area contributed by atoms with Gasteiger partial charge in [0.1, 0.15) is 4.38 Å². The average molecular weight is 233 g/mol. The second kappa shape index (κ2) is 8.87. The van der Waals surface area contributed by atoms with Crippen molar-refractivity contribution in [3.8, 4) is 6.19 Å². The Hall–Kier alpha value is -0.710. The van der Waals surface area contributed by atoms with E-state index in [4.69, 9.17) is 5.26 Å². The minimum Gasteiger partial charge on any atom is -0.294 e. The zero-order valence-electron chi connectivity index (χ0n) is 8.18. The first-order valence-electron chi connectivity index (χ1n) is 3.71. The zero-order valence-corrected chi connectivity index (χ0v) is 9.81. The van der Waals surface area contributed by atoms with Crippen molar-refractivity contribution in [1.82, 2.24) is 0 Å². The van der Waals surface area contributed by atoms with E-state index in [1.165, 1.54) is 23.5 Å². The van der Waals surface area contributed by atoms with E-state index >= 15 is 0 Å². The van der Waals surface area contributed by atoms with Gasteiger partial charge in [-0.3, -0.25) is 4.89 Å². The third-order valence-electron chi connectivity index (χ3n) is 0.933. The smallest absolute Gasteiger partial charge is 0.294 e. The fraction of sp³-hybridized carbons (Fsp3) is 0.571. The van der Waals surface area contributed by atoms with Gasteiger partial charge in [0.15, 0.2) is 0 Å². The van der Waals surface area contributed by atoms with Crippen LogP contribution < -0.4 is 0 Å². The Morgan fingerprint density at radius 1 is 1.43 bits per heavy atom. The van der Waals surface area contributed by atoms with Gasteiger partial charge >= 0.3 is 6.02 Å². The van der Waals surface area contributed by atoms with Crippen LogP contribution in [0, 0.1) is 11.5 Å². The fourth-order valence-corrected chi connectivity index (χ4v) is 1.47. The number of nitrogens with zero attached hydrogens (tertiary/aromatic N) is 3. The van der Waals surface area contributed by atoms with Crippen LogP contribution in [-0.4, -0.2) is 29.5 Å². The van der Waals surface area contributed by atoms with Crippen molar-refractivity contribution in [1.29, 1.82) is 5.26 Å². The maximum atomic E-state index is 8.34. The molecule has 0 heterocycles. The molecule has 0 saturated heterocycles. The highest BCUT2D eigenvalue weighted by molar-refractivity contribution is 8.38. The molecule has 5 nitrogen and oxygen atoms in total. The Bertz CT molecular complexity index is 254. The molecule has 0 bridgehead atoms. The van der Waals surface area contributed by atoms with E-state index < -0.39 is 0 Å². The lowest BCUT2D eigenvalue weighted by atomic mass is 10.9. The first kappa shape index (κ1) is 13.3. The van der Waals surface area contributed by atoms with E-state index in [-0.39, 0.29) is 6.02 Å². The molecule has 0 aromatic rings. The Kier molecular flexibility index (Phi) is 8.42. The van der Waals surface area contributed by atoms with Crippen LogP contribution in [0.4, 0.5) is 0 Å². The predicted octanol–water partition coefficient (Wildman–Crippen LogP) is 1.87. The van der Waals surface area contributed by atoms with Crippen LogP contribution in [0.5, 0.6) is 0 Å². The topological polar surface area (TPSA) is 67.0 Å². The zero-order chi connectivity index (χ0) is 10.8. The molecule has 0 fully saturated rings. The van der Waals surface area contributed by atoms with Gasteiger partial charge in [-0.1, -0.05) is 0 Å². The molecule has 0 atom stereocenters. The van der Waals surface area contributed by atoms with Gasteiger partial charge in [0.05, 0.1) is 6.61 Å². The number of amidine groups is 1. The minimum atomic E-state index is -0.0759. The summed E-state index contributed by atoms with van der Waals surface area (Å²) in [6.45, 7) is 2.13. The molecule has 0 rings (SSSR count). The number of rotatable bonds is 2. The molecule has 0 radical (unpaired) electrons. The van der Waals surface area contributed by atoms with E-state index in [0.717, 1.165) is 4.38 Å². The number of thioether (sulfide) groups is 2. The predicted molar refractivity (Wildman–Crippen MR) is 60.2 cm³/mol. The molecular formula is C7H11N3O2S2. The summed E-state index contributed by atoms with van der Waals surface area (Å²) in [4.78, 5) is 16.6. The van der Waals surface area contributed by atoms with Crippen molar-refractivity contribution in [2.45, 2.75) is 6.92 Å². The molecule has 78 valence electrons. The van der Waals surface area contributed by atoms with Crippen molar-refractivity contribution in [2.75, 3.05) is 19.1 Å². The van der Waals surface area contributed by atoms with E-state index in [1.54, 1.807) is 13.1 Å². The first-order valence-corrected chi connectivity index (χ1v) is 6.16. The Morgan fingerprint density at radius 3 is 2.50 bits per heavy atom. The van der Waals surface area contributed by atoms with Crippen molar-refractivity contribution < 1.29 is 9.78 Å². The monoisotopic (exact) mass is 233 g/mol. The van der Waals surface area contributed by atoms with Crippen LogP contribution in [0.2, 0.25) is 0 Å². The standard InChI is InChI=1S/C7H11N3O2S2/c1-4-11-12-6(9-5-8)10-7(13-2)14-3/h4H2,1-3H3. The van der Waals surface area contributed by atoms with Gasteiger partial charge in [-0.2, -0.15) is 15.1 Å². The van der Waals surface area contributed by atoms with Gasteiger partial charge in [-0.05, 0) is 19.4 Å². The lowest BCUT2D eigenvalue weighted by Crippen LogP contribution is -2.04. The molecular weight excluding hydrogens is 222 g/mol. The fourth-order valence-electron chi connectivity index (χ4n) is 0.469. The summed E-state index contributed by atoms with van der Waals surface area (Å²) in [5, 5.41) is 8.34. The maximum Gasteiger partial charge on any atom is 0.365 e. The molecule has 14 heavy (non-hydrogen) atoms. The van der Waals surface area contributed by atoms with E-state index in [0.29, 0.717) is 6.61 Å². The van der Waals surface area contributed by atoms with Gasteiger partial charge < -0.3 is 0 Å². The van der Waals surface area contributed by atoms with Gasteiger partial charge in [-0.15, -0.1) is 28.5 Å². The van der Waals surface area contributed by atoms with Crippen LogP contribution in [0.1, 0.15) is 6.92 Å². The second-order valence-electron chi connectivity index (χ2n) is 1.77. The summed E-state index contributed by atoms with van der Waals surface area (Å²) in [7, 11) is 0. The molecule has 0 amide bonds. The molecule has 0 saturated carbocycles. The number of hydrogen-bond donors (Lipinski definition) is 0. The van der Waals surface area contributed by atoms with E-state index in [2.05, 4.69) is 19.8 Å². The highest BCUT2D eigenvalue weighted by Gasteiger charge is 2.02. The van der Waals surface area contributed by atoms with Crippen LogP contribution in [-0.2, 0) is 9.78 Å². The quantitative estimate of drug-likeness (QED) is 0.239. The summed E-state index contributed by atoms with van der Waals surface area (Å²) >= 11 is 2.89. The van der Waals surface area contributed by atoms with Crippen molar-refractivity contribution in [3.05, 3.63) is 0 Å². The molecule has 0 aliphatic carbocycles. The largest absolute Gasteiger partial charge is 0.365 e. The van der Waals surface area contributed by atoms with Crippen molar-refractivity contribution >= 4 is 33.9 Å². The number of nitriles is 1. The van der Waals surface area contributed by atoms with Crippen LogP contribution in [0.15, 0.2) is 9.98 Å². The van der Waals surface area contributed by atoms with Gasteiger partial charge in [0.25, 0.3) is 0 Å². The molecule has 0 unspecified atom stereocenters. The molecule has 0 aromatic carbocycles. The minimum absolute atomic E-state index is 0.0759. The number of aliphatic imine (C=N–C) groups is 2. The summed E-state index contributed by atoms with van der Waals surface area (Å²) in [5.41, 5.74) is 0. The lowest BCUT2D eigenvalue weighted by Gasteiger charge is -2.01. The van der Waals surface area contributed by atoms with E-state index in [9.17, 15) is 0 Å². The molecule has 0 aliphatic heterocycles. The summed E-state index contributed by atoms with van der Waals surface area (Å²) < 4.78 is 0.749. The van der Waals surface area contributed by atoms with Crippen LogP contribution in [0.25, 0.3) is 0 Å². The third-order valence-corrected chi connectivity index (χ3v) is 2.81. The summed E-state index contributed by atoms with van der Waals surface area (Å²) in [6.07, 6.45) is 5.34. The molecule has 7 heteroatoms. The summed E-state index contributed by atoms with van der Waals surface area (Å²) in [6, 6.07) is -0.0759. The molecule has 0 N–H and O–H groups in total. The van der Waals surface area contributed by atoms with Crippen LogP contribution >= 0.6 is 23.5 Å². The maximum absolute atomic E-state index is 8.34. The SMILES string of the molecule is CCOOC(=NC#N)N=C(SC)SC. The van der Waals surface area contributed by atoms with Gasteiger partial charge in [0, 0.05) is 0 Å². The highest BCUT2D eigenvalue weighted by atomic mass is 32.2. The third kappa shape index (κ3) is 5.85. The highest BCUT2D eigenvalue weighted by Crippen LogP contribution is 2.11. The Labute approximate surface area is 91.5 Å². The van der Waals surface area contributed by atoms with Crippen LogP contribution in [0.3, 0.4) is 0 Å². The van der Waals surface area contributed by atoms with Gasteiger partial charge in [0.2, 0.25) is 6.19 Å². The average Bonchev–Trinajstić information content (AvgIpc) is 2.22. The Morgan fingerprint density at radius 2 is 2.07 bits per heavy atom. The second-order valence-corrected chi connectivity index (χ2v) is 3.62. The van der Waals surface area contributed by atoms with Crippen molar-refractivity contribution in [3.63, 3.8) is 0 Å². The summed E-state index contributed by atoms with van der Waals surface area (Å²) in [5.74, 6) is 0. The van der Waals surface area contributed by atoms with Crippen molar-refractivity contribution in [2.24, 2.45) is 9.98 Å². The Balaban J connectivity index is 4.44. The number of hydrogen-bond acceptors (Lipinski definition) is 6. The lowest BCUT2D eigenvalue weighted by molar-refractivity contribution is -0.218. The van der Waals surface area contributed by atoms with E-state index in [1.807, 2.05) is 12.5 Å². The molecule has 0 spiro atoms. The van der Waals surface area contributed by atoms with Gasteiger partial charge in [-0.25, -0.2) is 0 Å². The molecule has 0 aromatic heterocycles. The normalized spacial score (nSPS) is 10.6. The molecule has 0 aliphatic rings. The first-order chi connectivity index (χ1) is 6.78.